The van der Waals surface area contributed by atoms with Crippen LogP contribution in [0.4, 0.5) is 8.78 Å². The summed E-state index contributed by atoms with van der Waals surface area (Å²) in [5, 5.41) is 4.41. The fourth-order valence-electron chi connectivity index (χ4n) is 1.08. The van der Waals surface area contributed by atoms with E-state index in [1.807, 2.05) is 0 Å². The zero-order valence-electron chi connectivity index (χ0n) is 6.11. The Hall–Kier alpha value is -1.45. The Balaban J connectivity index is 2.62. The first-order chi connectivity index (χ1) is 5.77. The SMILES string of the molecule is FC([18F])n1cc2ccccc2n1. The third kappa shape index (κ3) is 1.05. The summed E-state index contributed by atoms with van der Waals surface area (Å²) in [6, 6.07) is 7.01. The van der Waals surface area contributed by atoms with Gasteiger partial charge in [0.2, 0.25) is 0 Å². The van der Waals surface area contributed by atoms with Gasteiger partial charge in [-0.15, -0.1) is 0 Å². The largest absolute Gasteiger partial charge is 0.333 e. The number of hydrogen-bond acceptors (Lipinski definition) is 1. The predicted molar refractivity (Wildman–Crippen MR) is 41.0 cm³/mol. The number of hydrogen-bond donors (Lipinski definition) is 0. The summed E-state index contributed by atoms with van der Waals surface area (Å²) in [6.07, 6.45) is 1.33. The molecule has 12 heavy (non-hydrogen) atoms. The average Bonchev–Trinajstić information content (AvgIpc) is 2.46. The van der Waals surface area contributed by atoms with E-state index in [1.165, 1.54) is 6.20 Å². The Morgan fingerprint density at radius 3 is 2.67 bits per heavy atom. The lowest BCUT2D eigenvalue weighted by molar-refractivity contribution is 0.0574. The fraction of sp³-hybridized carbons (Fsp3) is 0.125. The molecule has 1 atom stereocenters. The third-order valence-electron chi connectivity index (χ3n) is 1.63. The van der Waals surface area contributed by atoms with Crippen LogP contribution in [-0.4, -0.2) is 9.78 Å². The second-order valence-corrected chi connectivity index (χ2v) is 2.45. The van der Waals surface area contributed by atoms with Gasteiger partial charge in [-0.2, -0.15) is 13.9 Å². The van der Waals surface area contributed by atoms with Crippen LogP contribution >= 0.6 is 0 Å². The number of nitrogens with zero attached hydrogens (tertiary/aromatic N) is 2. The van der Waals surface area contributed by atoms with Gasteiger partial charge in [-0.3, -0.25) is 0 Å². The Kier molecular flexibility index (Phi) is 1.53. The van der Waals surface area contributed by atoms with Crippen molar-refractivity contribution in [3.05, 3.63) is 30.5 Å². The van der Waals surface area contributed by atoms with Crippen LogP contribution in [-0.2, 0) is 0 Å². The van der Waals surface area contributed by atoms with Gasteiger partial charge in [0.25, 0.3) is 0 Å². The van der Waals surface area contributed by atoms with Gasteiger partial charge in [-0.1, -0.05) is 18.2 Å². The highest BCUT2D eigenvalue weighted by Gasteiger charge is 2.06. The molecule has 0 radical (unpaired) electrons. The Morgan fingerprint density at radius 2 is 2.00 bits per heavy atom. The molecule has 1 aromatic carbocycles. The molecule has 0 aliphatic heterocycles. The smallest absolute Gasteiger partial charge is 0.210 e. The molecular formula is C8H6F2N2. The predicted octanol–water partition coefficient (Wildman–Crippen LogP) is 2.43. The van der Waals surface area contributed by atoms with E-state index in [9.17, 15) is 8.78 Å². The minimum absolute atomic E-state index is 0.595. The van der Waals surface area contributed by atoms with Crippen molar-refractivity contribution in [1.82, 2.24) is 9.78 Å². The second kappa shape index (κ2) is 2.55. The maximum Gasteiger partial charge on any atom is 0.333 e. The lowest BCUT2D eigenvalue weighted by atomic mass is 10.3. The number of rotatable bonds is 1. The van der Waals surface area contributed by atoms with Crippen molar-refractivity contribution in [3.63, 3.8) is 0 Å². The molecular weight excluding hydrogens is 161 g/mol. The van der Waals surface area contributed by atoms with Gasteiger partial charge in [-0.05, 0) is 6.07 Å². The summed E-state index contributed by atoms with van der Waals surface area (Å²) >= 11 is 0. The molecule has 0 aliphatic carbocycles. The van der Waals surface area contributed by atoms with Crippen molar-refractivity contribution < 1.29 is 8.78 Å². The summed E-state index contributed by atoms with van der Waals surface area (Å²) in [7, 11) is 0. The van der Waals surface area contributed by atoms with E-state index in [4.69, 9.17) is 0 Å². The number of alkyl halides is 2. The molecule has 0 aliphatic rings. The zero-order chi connectivity index (χ0) is 8.55. The lowest BCUT2D eigenvalue weighted by Gasteiger charge is -1.94. The van der Waals surface area contributed by atoms with Crippen LogP contribution in [0.3, 0.4) is 0 Å². The van der Waals surface area contributed by atoms with E-state index >= 15 is 0 Å². The molecule has 0 saturated carbocycles. The highest BCUT2D eigenvalue weighted by molar-refractivity contribution is 5.77. The minimum atomic E-state index is -2.56. The molecule has 2 aromatic rings. The van der Waals surface area contributed by atoms with Crippen LogP contribution in [0.15, 0.2) is 30.5 Å². The van der Waals surface area contributed by atoms with Crippen molar-refractivity contribution >= 4 is 10.9 Å². The molecule has 0 N–H and O–H groups in total. The quantitative estimate of drug-likeness (QED) is 0.637. The van der Waals surface area contributed by atoms with Crippen LogP contribution in [0.5, 0.6) is 0 Å². The molecule has 0 fully saturated rings. The normalized spacial score (nSPS) is 13.5. The van der Waals surface area contributed by atoms with E-state index in [0.717, 1.165) is 5.39 Å². The van der Waals surface area contributed by atoms with Gasteiger partial charge in [0, 0.05) is 11.6 Å². The molecule has 0 bridgehead atoms. The number of aromatic nitrogens is 2. The Labute approximate surface area is 67.4 Å². The van der Waals surface area contributed by atoms with Crippen molar-refractivity contribution in [2.45, 2.75) is 6.55 Å². The fourth-order valence-corrected chi connectivity index (χ4v) is 1.08. The molecule has 2 nitrogen and oxygen atoms in total. The average molecular weight is 167 g/mol. The Bertz CT molecular complexity index is 362. The van der Waals surface area contributed by atoms with E-state index in [2.05, 4.69) is 5.10 Å². The first kappa shape index (κ1) is 7.21. The van der Waals surface area contributed by atoms with Crippen molar-refractivity contribution in [2.24, 2.45) is 0 Å². The number of fused-ring (bicyclic) bond motifs is 1. The van der Waals surface area contributed by atoms with Crippen LogP contribution in [0.2, 0.25) is 0 Å². The maximum atomic E-state index is 12.1. The Morgan fingerprint density at radius 1 is 1.25 bits per heavy atom. The second-order valence-electron chi connectivity index (χ2n) is 2.45. The van der Waals surface area contributed by atoms with E-state index in [0.29, 0.717) is 10.2 Å². The van der Waals surface area contributed by atoms with Crippen molar-refractivity contribution in [3.8, 4) is 0 Å². The number of benzene rings is 1. The molecule has 1 unspecified atom stereocenters. The lowest BCUT2D eigenvalue weighted by Crippen LogP contribution is -1.96. The number of halogens is 2. The topological polar surface area (TPSA) is 17.8 Å². The summed E-state index contributed by atoms with van der Waals surface area (Å²) < 4.78 is 24.9. The molecule has 4 heteroatoms. The van der Waals surface area contributed by atoms with Gasteiger partial charge in [0.1, 0.15) is 0 Å². The van der Waals surface area contributed by atoms with E-state index in [-0.39, 0.29) is 0 Å². The molecule has 0 saturated heterocycles. The van der Waals surface area contributed by atoms with Gasteiger partial charge in [0.05, 0.1) is 5.52 Å². The van der Waals surface area contributed by atoms with E-state index in [1.54, 1.807) is 24.3 Å². The molecule has 0 spiro atoms. The molecule has 2 rings (SSSR count). The molecule has 62 valence electrons. The van der Waals surface area contributed by atoms with Gasteiger partial charge >= 0.3 is 6.55 Å². The standard InChI is InChI=1S/C8H6F2N2/c9-8(10)12-5-6-3-1-2-4-7(6)11-12/h1-5,8H/i9-1. The molecule has 1 aromatic heterocycles. The monoisotopic (exact) mass is 167 g/mol. The summed E-state index contributed by atoms with van der Waals surface area (Å²) in [5.74, 6) is 0. The highest BCUT2D eigenvalue weighted by Crippen LogP contribution is 2.15. The minimum Gasteiger partial charge on any atom is -0.210 e. The summed E-state index contributed by atoms with van der Waals surface area (Å²) in [6.45, 7) is -2.56. The van der Waals surface area contributed by atoms with Crippen LogP contribution in [0, 0.1) is 0 Å². The summed E-state index contributed by atoms with van der Waals surface area (Å²) in [4.78, 5) is 0. The van der Waals surface area contributed by atoms with Gasteiger partial charge in [-0.25, -0.2) is 4.68 Å². The highest BCUT2D eigenvalue weighted by atomic mass is 19.2. The molecule has 1 heterocycles. The van der Waals surface area contributed by atoms with Gasteiger partial charge in [0.15, 0.2) is 0 Å². The van der Waals surface area contributed by atoms with Crippen molar-refractivity contribution in [1.29, 1.82) is 0 Å². The first-order valence-corrected chi connectivity index (χ1v) is 3.49. The third-order valence-corrected chi connectivity index (χ3v) is 1.63. The van der Waals surface area contributed by atoms with Crippen LogP contribution in [0.25, 0.3) is 10.9 Å². The maximum absolute atomic E-state index is 12.1. The summed E-state index contributed by atoms with van der Waals surface area (Å²) in [5.41, 5.74) is 0.595. The van der Waals surface area contributed by atoms with Crippen LogP contribution in [0.1, 0.15) is 6.55 Å². The zero-order valence-corrected chi connectivity index (χ0v) is 6.11. The van der Waals surface area contributed by atoms with Crippen LogP contribution < -0.4 is 0 Å². The van der Waals surface area contributed by atoms with Crippen molar-refractivity contribution in [2.75, 3.05) is 0 Å². The molecule has 0 amide bonds. The van der Waals surface area contributed by atoms with Gasteiger partial charge < -0.3 is 0 Å². The first-order valence-electron chi connectivity index (χ1n) is 3.49. The van der Waals surface area contributed by atoms with E-state index < -0.39 is 6.55 Å².